The van der Waals surface area contributed by atoms with Gasteiger partial charge in [0, 0.05) is 25.2 Å². The second-order valence-corrected chi connectivity index (χ2v) is 4.79. The van der Waals surface area contributed by atoms with Gasteiger partial charge in [-0.3, -0.25) is 0 Å². The third-order valence-electron chi connectivity index (χ3n) is 2.85. The van der Waals surface area contributed by atoms with Crippen LogP contribution in [-0.4, -0.2) is 25.2 Å². The zero-order valence-corrected chi connectivity index (χ0v) is 7.48. The Balaban J connectivity index is 1.67. The summed E-state index contributed by atoms with van der Waals surface area (Å²) in [5, 5.41) is 6.92. The SMILES string of the molecule is CC1(C)CC(NC2CNC2)C1. The van der Waals surface area contributed by atoms with Crippen LogP contribution in [0.15, 0.2) is 0 Å². The first kappa shape index (κ1) is 7.56. The van der Waals surface area contributed by atoms with Crippen LogP contribution in [0, 0.1) is 5.41 Å². The van der Waals surface area contributed by atoms with Gasteiger partial charge in [0.2, 0.25) is 0 Å². The first-order valence-corrected chi connectivity index (χ1v) is 4.62. The van der Waals surface area contributed by atoms with Gasteiger partial charge in [-0.15, -0.1) is 0 Å². The van der Waals surface area contributed by atoms with Gasteiger partial charge in [-0.25, -0.2) is 0 Å². The predicted octanol–water partition coefficient (Wildman–Crippen LogP) is 0.736. The lowest BCUT2D eigenvalue weighted by molar-refractivity contribution is 0.108. The summed E-state index contributed by atoms with van der Waals surface area (Å²) in [6.45, 7) is 7.06. The molecule has 11 heavy (non-hydrogen) atoms. The molecule has 2 aliphatic rings. The summed E-state index contributed by atoms with van der Waals surface area (Å²) in [5.41, 5.74) is 0.620. The second kappa shape index (κ2) is 2.46. The van der Waals surface area contributed by atoms with Crippen molar-refractivity contribution in [3.8, 4) is 0 Å². The molecule has 2 nitrogen and oxygen atoms in total. The van der Waals surface area contributed by atoms with Crippen molar-refractivity contribution in [1.82, 2.24) is 10.6 Å². The smallest absolute Gasteiger partial charge is 0.0319 e. The number of hydrogen-bond donors (Lipinski definition) is 2. The van der Waals surface area contributed by atoms with E-state index in [1.165, 1.54) is 25.9 Å². The van der Waals surface area contributed by atoms with E-state index in [-0.39, 0.29) is 0 Å². The first-order chi connectivity index (χ1) is 5.16. The molecule has 0 bridgehead atoms. The van der Waals surface area contributed by atoms with E-state index < -0.39 is 0 Å². The van der Waals surface area contributed by atoms with Crippen molar-refractivity contribution in [3.63, 3.8) is 0 Å². The average Bonchev–Trinajstić information content (AvgIpc) is 1.73. The van der Waals surface area contributed by atoms with Crippen LogP contribution >= 0.6 is 0 Å². The van der Waals surface area contributed by atoms with E-state index in [1.54, 1.807) is 0 Å². The Kier molecular flexibility index (Phi) is 1.69. The topological polar surface area (TPSA) is 24.1 Å². The Hall–Kier alpha value is -0.0800. The van der Waals surface area contributed by atoms with E-state index in [1.807, 2.05) is 0 Å². The van der Waals surface area contributed by atoms with Crippen molar-refractivity contribution < 1.29 is 0 Å². The molecule has 64 valence electrons. The van der Waals surface area contributed by atoms with Gasteiger partial charge in [0.1, 0.15) is 0 Å². The summed E-state index contributed by atoms with van der Waals surface area (Å²) in [7, 11) is 0. The molecule has 0 spiro atoms. The van der Waals surface area contributed by atoms with Crippen molar-refractivity contribution in [2.24, 2.45) is 5.41 Å². The maximum absolute atomic E-state index is 3.65. The van der Waals surface area contributed by atoms with E-state index in [2.05, 4.69) is 24.5 Å². The predicted molar refractivity (Wildman–Crippen MR) is 46.6 cm³/mol. The Morgan fingerprint density at radius 2 is 1.82 bits per heavy atom. The van der Waals surface area contributed by atoms with Crippen LogP contribution in [-0.2, 0) is 0 Å². The zero-order chi connectivity index (χ0) is 7.90. The van der Waals surface area contributed by atoms with Crippen molar-refractivity contribution >= 4 is 0 Å². The van der Waals surface area contributed by atoms with Crippen LogP contribution in [0.4, 0.5) is 0 Å². The molecule has 1 aliphatic heterocycles. The molecular formula is C9H18N2. The highest BCUT2D eigenvalue weighted by atomic mass is 15.1. The molecule has 0 amide bonds. The van der Waals surface area contributed by atoms with Crippen molar-refractivity contribution in [1.29, 1.82) is 0 Å². The molecule has 1 aliphatic carbocycles. The Labute approximate surface area is 68.7 Å². The summed E-state index contributed by atoms with van der Waals surface area (Å²) in [6, 6.07) is 1.59. The summed E-state index contributed by atoms with van der Waals surface area (Å²) in [5.74, 6) is 0. The molecule has 1 heterocycles. The van der Waals surface area contributed by atoms with Crippen molar-refractivity contribution in [2.75, 3.05) is 13.1 Å². The van der Waals surface area contributed by atoms with E-state index >= 15 is 0 Å². The highest BCUT2D eigenvalue weighted by Crippen LogP contribution is 2.39. The summed E-state index contributed by atoms with van der Waals surface area (Å²) < 4.78 is 0. The summed E-state index contributed by atoms with van der Waals surface area (Å²) >= 11 is 0. The van der Waals surface area contributed by atoms with Crippen LogP contribution in [0.25, 0.3) is 0 Å². The maximum atomic E-state index is 3.65. The van der Waals surface area contributed by atoms with Crippen LogP contribution in [0.2, 0.25) is 0 Å². The molecule has 0 radical (unpaired) electrons. The molecule has 2 fully saturated rings. The Bertz CT molecular complexity index is 142. The fourth-order valence-corrected chi connectivity index (χ4v) is 2.13. The quantitative estimate of drug-likeness (QED) is 0.613. The monoisotopic (exact) mass is 154 g/mol. The minimum atomic E-state index is 0.620. The molecule has 2 heteroatoms. The molecule has 1 saturated carbocycles. The lowest BCUT2D eigenvalue weighted by atomic mass is 9.68. The molecule has 0 aromatic carbocycles. The zero-order valence-electron chi connectivity index (χ0n) is 7.48. The van der Waals surface area contributed by atoms with Gasteiger partial charge in [0.05, 0.1) is 0 Å². The number of hydrogen-bond acceptors (Lipinski definition) is 2. The summed E-state index contributed by atoms with van der Waals surface area (Å²) in [4.78, 5) is 0. The minimum absolute atomic E-state index is 0.620. The standard InChI is InChI=1S/C9H18N2/c1-9(2)3-7(4-9)11-8-5-10-6-8/h7-8,10-11H,3-6H2,1-2H3. The van der Waals surface area contributed by atoms with Gasteiger partial charge in [0.15, 0.2) is 0 Å². The Morgan fingerprint density at radius 3 is 2.18 bits per heavy atom. The fraction of sp³-hybridized carbons (Fsp3) is 1.00. The van der Waals surface area contributed by atoms with E-state index in [0.29, 0.717) is 5.41 Å². The fourth-order valence-electron chi connectivity index (χ4n) is 2.13. The third kappa shape index (κ3) is 1.57. The van der Waals surface area contributed by atoms with Gasteiger partial charge in [-0.05, 0) is 18.3 Å². The van der Waals surface area contributed by atoms with E-state index in [0.717, 1.165) is 12.1 Å². The second-order valence-electron chi connectivity index (χ2n) is 4.79. The molecule has 0 unspecified atom stereocenters. The van der Waals surface area contributed by atoms with E-state index in [4.69, 9.17) is 0 Å². The molecule has 2 rings (SSSR count). The molecule has 1 saturated heterocycles. The first-order valence-electron chi connectivity index (χ1n) is 4.62. The van der Waals surface area contributed by atoms with Crippen LogP contribution in [0.3, 0.4) is 0 Å². The lowest BCUT2D eigenvalue weighted by Crippen LogP contribution is -2.61. The maximum Gasteiger partial charge on any atom is 0.0319 e. The lowest BCUT2D eigenvalue weighted by Gasteiger charge is -2.46. The molecular weight excluding hydrogens is 136 g/mol. The van der Waals surface area contributed by atoms with Crippen molar-refractivity contribution in [2.45, 2.75) is 38.8 Å². The highest BCUT2D eigenvalue weighted by Gasteiger charge is 2.37. The highest BCUT2D eigenvalue weighted by molar-refractivity contribution is 4.95. The molecule has 0 atom stereocenters. The number of rotatable bonds is 2. The van der Waals surface area contributed by atoms with Gasteiger partial charge in [0.25, 0.3) is 0 Å². The van der Waals surface area contributed by atoms with Crippen LogP contribution in [0.1, 0.15) is 26.7 Å². The summed E-state index contributed by atoms with van der Waals surface area (Å²) in [6.07, 6.45) is 2.73. The van der Waals surface area contributed by atoms with Gasteiger partial charge in [-0.2, -0.15) is 0 Å². The van der Waals surface area contributed by atoms with E-state index in [9.17, 15) is 0 Å². The Morgan fingerprint density at radius 1 is 1.18 bits per heavy atom. The van der Waals surface area contributed by atoms with Crippen LogP contribution < -0.4 is 10.6 Å². The number of nitrogens with one attached hydrogen (secondary N) is 2. The largest absolute Gasteiger partial charge is 0.314 e. The third-order valence-corrected chi connectivity index (χ3v) is 2.85. The normalized spacial score (nSPS) is 31.1. The van der Waals surface area contributed by atoms with Gasteiger partial charge < -0.3 is 10.6 Å². The molecule has 0 aromatic rings. The average molecular weight is 154 g/mol. The van der Waals surface area contributed by atoms with Crippen LogP contribution in [0.5, 0.6) is 0 Å². The molecule has 0 aromatic heterocycles. The molecule has 2 N–H and O–H groups in total. The van der Waals surface area contributed by atoms with Crippen molar-refractivity contribution in [3.05, 3.63) is 0 Å². The minimum Gasteiger partial charge on any atom is -0.314 e. The van der Waals surface area contributed by atoms with Gasteiger partial charge >= 0.3 is 0 Å². The van der Waals surface area contributed by atoms with Gasteiger partial charge in [-0.1, -0.05) is 13.8 Å².